The summed E-state index contributed by atoms with van der Waals surface area (Å²) in [5.74, 6) is 0.961. The van der Waals surface area contributed by atoms with Crippen molar-refractivity contribution in [2.24, 2.45) is 0 Å². The third-order valence-electron chi connectivity index (χ3n) is 4.21. The highest BCUT2D eigenvalue weighted by molar-refractivity contribution is 7.80. The number of para-hydroxylation sites is 1. The van der Waals surface area contributed by atoms with Crippen LogP contribution < -0.4 is 5.32 Å². The molecule has 0 atom stereocenters. The number of furan rings is 1. The molecule has 116 valence electrons. The third kappa shape index (κ3) is 3.89. The molecule has 22 heavy (non-hydrogen) atoms. The summed E-state index contributed by atoms with van der Waals surface area (Å²) < 4.78 is 5.53. The molecular formula is C18H22N2OS. The van der Waals surface area contributed by atoms with Crippen molar-refractivity contribution in [3.63, 3.8) is 0 Å². The van der Waals surface area contributed by atoms with E-state index in [1.807, 2.05) is 42.5 Å². The van der Waals surface area contributed by atoms with E-state index >= 15 is 0 Å². The van der Waals surface area contributed by atoms with E-state index in [9.17, 15) is 0 Å². The first-order chi connectivity index (χ1) is 10.8. The lowest BCUT2D eigenvalue weighted by Crippen LogP contribution is -2.43. The largest absolute Gasteiger partial charge is 0.467 e. The average molecular weight is 314 g/mol. The Balaban J connectivity index is 1.73. The van der Waals surface area contributed by atoms with Gasteiger partial charge in [0.25, 0.3) is 0 Å². The summed E-state index contributed by atoms with van der Waals surface area (Å²) in [6, 6.07) is 14.6. The van der Waals surface area contributed by atoms with Gasteiger partial charge in [-0.3, -0.25) is 0 Å². The van der Waals surface area contributed by atoms with Gasteiger partial charge in [0, 0.05) is 11.7 Å². The van der Waals surface area contributed by atoms with E-state index in [0.29, 0.717) is 6.04 Å². The van der Waals surface area contributed by atoms with Gasteiger partial charge in [-0.05, 0) is 49.3 Å². The van der Waals surface area contributed by atoms with Crippen LogP contribution in [0.4, 0.5) is 5.69 Å². The van der Waals surface area contributed by atoms with E-state index in [4.69, 9.17) is 16.6 Å². The van der Waals surface area contributed by atoms with Crippen LogP contribution in [-0.4, -0.2) is 16.1 Å². The van der Waals surface area contributed by atoms with Crippen molar-refractivity contribution < 1.29 is 4.42 Å². The summed E-state index contributed by atoms with van der Waals surface area (Å²) >= 11 is 5.68. The average Bonchev–Trinajstić information content (AvgIpc) is 3.07. The molecule has 0 radical (unpaired) electrons. The molecule has 1 fully saturated rings. The van der Waals surface area contributed by atoms with Crippen molar-refractivity contribution >= 4 is 23.0 Å². The van der Waals surface area contributed by atoms with Gasteiger partial charge in [-0.25, -0.2) is 0 Å². The molecule has 1 saturated carbocycles. The van der Waals surface area contributed by atoms with Crippen LogP contribution in [0.25, 0.3) is 0 Å². The second-order valence-corrected chi connectivity index (χ2v) is 6.18. The van der Waals surface area contributed by atoms with Crippen molar-refractivity contribution in [3.8, 4) is 0 Å². The zero-order valence-electron chi connectivity index (χ0n) is 12.7. The van der Waals surface area contributed by atoms with Crippen LogP contribution in [0.1, 0.15) is 37.9 Å². The van der Waals surface area contributed by atoms with Crippen molar-refractivity contribution in [2.45, 2.75) is 44.7 Å². The standard InChI is InChI=1S/C18H22N2OS/c22-18(19-15-8-3-1-4-9-15)20(14-17-12-7-13-21-17)16-10-5-2-6-11-16/h1,3-4,7-9,12-13,16H,2,5-6,10-11,14H2,(H,19,22). The first-order valence-electron chi connectivity index (χ1n) is 7.98. The second-order valence-electron chi connectivity index (χ2n) is 5.80. The molecule has 1 aromatic carbocycles. The summed E-state index contributed by atoms with van der Waals surface area (Å²) in [7, 11) is 0. The maximum atomic E-state index is 5.68. The number of hydrogen-bond donors (Lipinski definition) is 1. The first kappa shape index (κ1) is 15.1. The molecule has 4 heteroatoms. The number of nitrogens with zero attached hydrogens (tertiary/aromatic N) is 1. The van der Waals surface area contributed by atoms with E-state index in [0.717, 1.165) is 23.1 Å². The van der Waals surface area contributed by atoms with Gasteiger partial charge in [0.05, 0.1) is 12.8 Å². The van der Waals surface area contributed by atoms with Crippen LogP contribution in [0.2, 0.25) is 0 Å². The molecule has 0 aliphatic heterocycles. The maximum absolute atomic E-state index is 5.68. The van der Waals surface area contributed by atoms with E-state index < -0.39 is 0 Å². The summed E-state index contributed by atoms with van der Waals surface area (Å²) in [5, 5.41) is 4.15. The van der Waals surface area contributed by atoms with Crippen molar-refractivity contribution in [1.29, 1.82) is 0 Å². The Hall–Kier alpha value is -1.81. The topological polar surface area (TPSA) is 28.4 Å². The molecule has 1 N–H and O–H groups in total. The summed E-state index contributed by atoms with van der Waals surface area (Å²) in [6.45, 7) is 0.732. The molecule has 1 aromatic heterocycles. The number of anilines is 1. The van der Waals surface area contributed by atoms with Crippen LogP contribution in [-0.2, 0) is 6.54 Å². The minimum Gasteiger partial charge on any atom is -0.467 e. The highest BCUT2D eigenvalue weighted by atomic mass is 32.1. The summed E-state index contributed by atoms with van der Waals surface area (Å²) in [5.41, 5.74) is 1.03. The summed E-state index contributed by atoms with van der Waals surface area (Å²) in [4.78, 5) is 2.29. The van der Waals surface area contributed by atoms with Crippen LogP contribution >= 0.6 is 12.2 Å². The van der Waals surface area contributed by atoms with Gasteiger partial charge in [0.15, 0.2) is 5.11 Å². The molecule has 0 saturated heterocycles. The molecule has 0 unspecified atom stereocenters. The highest BCUT2D eigenvalue weighted by Crippen LogP contribution is 2.25. The van der Waals surface area contributed by atoms with Gasteiger partial charge in [0.2, 0.25) is 0 Å². The van der Waals surface area contributed by atoms with Crippen molar-refractivity contribution in [3.05, 3.63) is 54.5 Å². The number of thiocarbonyl (C=S) groups is 1. The Morgan fingerprint density at radius 3 is 2.55 bits per heavy atom. The SMILES string of the molecule is S=C(Nc1ccccc1)N(Cc1ccco1)C1CCCCC1. The van der Waals surface area contributed by atoms with E-state index in [1.54, 1.807) is 6.26 Å². The number of nitrogens with one attached hydrogen (secondary N) is 1. The molecule has 3 rings (SSSR count). The Kier molecular flexibility index (Phi) is 5.11. The molecule has 1 heterocycles. The molecule has 0 bridgehead atoms. The van der Waals surface area contributed by atoms with Crippen LogP contribution in [0.15, 0.2) is 53.1 Å². The molecule has 2 aromatic rings. The Morgan fingerprint density at radius 2 is 1.86 bits per heavy atom. The van der Waals surface area contributed by atoms with Gasteiger partial charge in [-0.15, -0.1) is 0 Å². The molecule has 3 nitrogen and oxygen atoms in total. The smallest absolute Gasteiger partial charge is 0.174 e. The fraction of sp³-hybridized carbons (Fsp3) is 0.389. The number of benzene rings is 1. The molecule has 0 spiro atoms. The van der Waals surface area contributed by atoms with Gasteiger partial charge in [0.1, 0.15) is 5.76 Å². The lowest BCUT2D eigenvalue weighted by Gasteiger charge is -2.35. The maximum Gasteiger partial charge on any atom is 0.174 e. The monoisotopic (exact) mass is 314 g/mol. The molecule has 0 amide bonds. The molecule has 1 aliphatic carbocycles. The van der Waals surface area contributed by atoms with E-state index in [-0.39, 0.29) is 0 Å². The minimum absolute atomic E-state index is 0.502. The quantitative estimate of drug-likeness (QED) is 0.820. The van der Waals surface area contributed by atoms with E-state index in [1.165, 1.54) is 32.1 Å². The third-order valence-corrected chi connectivity index (χ3v) is 4.54. The highest BCUT2D eigenvalue weighted by Gasteiger charge is 2.24. The predicted molar refractivity (Wildman–Crippen MR) is 93.8 cm³/mol. The van der Waals surface area contributed by atoms with Crippen LogP contribution in [0.3, 0.4) is 0 Å². The zero-order valence-corrected chi connectivity index (χ0v) is 13.5. The van der Waals surface area contributed by atoms with Crippen molar-refractivity contribution in [2.75, 3.05) is 5.32 Å². The summed E-state index contributed by atoms with van der Waals surface area (Å²) in [6.07, 6.45) is 8.04. The Bertz CT molecular complexity index is 576. The van der Waals surface area contributed by atoms with E-state index in [2.05, 4.69) is 10.2 Å². The fourth-order valence-corrected chi connectivity index (χ4v) is 3.38. The minimum atomic E-state index is 0.502. The van der Waals surface area contributed by atoms with Gasteiger partial charge < -0.3 is 14.6 Å². The van der Waals surface area contributed by atoms with Crippen molar-refractivity contribution in [1.82, 2.24) is 4.90 Å². The molecule has 1 aliphatic rings. The number of rotatable bonds is 4. The van der Waals surface area contributed by atoms with Crippen LogP contribution in [0.5, 0.6) is 0 Å². The first-order valence-corrected chi connectivity index (χ1v) is 8.39. The lowest BCUT2D eigenvalue weighted by atomic mass is 9.94. The van der Waals surface area contributed by atoms with Gasteiger partial charge in [-0.2, -0.15) is 0 Å². The molecular weight excluding hydrogens is 292 g/mol. The zero-order chi connectivity index (χ0) is 15.2. The van der Waals surface area contributed by atoms with Crippen LogP contribution in [0, 0.1) is 0 Å². The Labute approximate surface area is 137 Å². The number of hydrogen-bond acceptors (Lipinski definition) is 2. The fourth-order valence-electron chi connectivity index (χ4n) is 3.05. The lowest BCUT2D eigenvalue weighted by molar-refractivity contribution is 0.227. The van der Waals surface area contributed by atoms with Gasteiger partial charge in [-0.1, -0.05) is 37.5 Å². The van der Waals surface area contributed by atoms with Gasteiger partial charge >= 0.3 is 0 Å². The second kappa shape index (κ2) is 7.45. The Morgan fingerprint density at radius 1 is 1.09 bits per heavy atom. The normalized spacial score (nSPS) is 15.5. The predicted octanol–water partition coefficient (Wildman–Crippen LogP) is 4.81.